The average Bonchev–Trinajstić information content (AvgIpc) is 2.83. The third-order valence-electron chi connectivity index (χ3n) is 3.91. The van der Waals surface area contributed by atoms with Crippen molar-refractivity contribution < 1.29 is 0 Å². The zero-order valence-corrected chi connectivity index (χ0v) is 11.5. The number of hydrogen-bond acceptors (Lipinski definition) is 2. The second kappa shape index (κ2) is 5.17. The predicted molar refractivity (Wildman–Crippen MR) is 78.0 cm³/mol. The minimum Gasteiger partial charge on any atom is -0.334 e. The first-order valence-corrected chi connectivity index (χ1v) is 7.17. The second-order valence-corrected chi connectivity index (χ2v) is 5.43. The van der Waals surface area contributed by atoms with Gasteiger partial charge in [-0.25, -0.2) is 4.98 Å². The SMILES string of the molecule is CCCc1ccc(-c2ncn3c2CC(N)CC3)cc1. The van der Waals surface area contributed by atoms with Crippen molar-refractivity contribution >= 4 is 0 Å². The molecule has 3 nitrogen and oxygen atoms in total. The normalized spacial score (nSPS) is 18.3. The minimum absolute atomic E-state index is 0.280. The number of aromatic nitrogens is 2. The van der Waals surface area contributed by atoms with Crippen LogP contribution in [0.5, 0.6) is 0 Å². The van der Waals surface area contributed by atoms with E-state index in [4.69, 9.17) is 5.73 Å². The summed E-state index contributed by atoms with van der Waals surface area (Å²) in [6, 6.07) is 9.09. The number of hydrogen-bond donors (Lipinski definition) is 1. The summed E-state index contributed by atoms with van der Waals surface area (Å²) in [7, 11) is 0. The van der Waals surface area contributed by atoms with E-state index in [0.29, 0.717) is 0 Å². The lowest BCUT2D eigenvalue weighted by atomic mass is 9.99. The molecule has 2 heterocycles. The number of fused-ring (bicyclic) bond motifs is 1. The summed E-state index contributed by atoms with van der Waals surface area (Å²) in [6.07, 6.45) is 6.28. The molecule has 1 aromatic carbocycles. The molecule has 0 radical (unpaired) electrons. The van der Waals surface area contributed by atoms with Gasteiger partial charge in [-0.05, 0) is 18.4 Å². The van der Waals surface area contributed by atoms with Gasteiger partial charge >= 0.3 is 0 Å². The van der Waals surface area contributed by atoms with Crippen LogP contribution in [0.25, 0.3) is 11.3 Å². The number of rotatable bonds is 3. The van der Waals surface area contributed by atoms with Gasteiger partial charge in [-0.15, -0.1) is 0 Å². The van der Waals surface area contributed by atoms with Crippen LogP contribution in [0, 0.1) is 0 Å². The van der Waals surface area contributed by atoms with Gasteiger partial charge in [0.25, 0.3) is 0 Å². The van der Waals surface area contributed by atoms with Gasteiger partial charge in [0.2, 0.25) is 0 Å². The fraction of sp³-hybridized carbons (Fsp3) is 0.438. The summed E-state index contributed by atoms with van der Waals surface area (Å²) >= 11 is 0. The molecule has 0 fully saturated rings. The molecular weight excluding hydrogens is 234 g/mol. The molecule has 0 aliphatic carbocycles. The lowest BCUT2D eigenvalue weighted by Gasteiger charge is -2.21. The van der Waals surface area contributed by atoms with Crippen molar-refractivity contribution in [3.8, 4) is 11.3 Å². The standard InChI is InChI=1S/C16H21N3/c1-2-3-12-4-6-13(7-5-12)16-15-10-14(17)8-9-19(15)11-18-16/h4-7,11,14H,2-3,8-10,17H2,1H3. The van der Waals surface area contributed by atoms with E-state index in [-0.39, 0.29) is 6.04 Å². The predicted octanol–water partition coefficient (Wildman–Crippen LogP) is 2.78. The van der Waals surface area contributed by atoms with Crippen LogP contribution < -0.4 is 5.73 Å². The van der Waals surface area contributed by atoms with E-state index in [2.05, 4.69) is 40.7 Å². The van der Waals surface area contributed by atoms with Crippen molar-refractivity contribution in [3.63, 3.8) is 0 Å². The van der Waals surface area contributed by atoms with Crippen LogP contribution in [-0.2, 0) is 19.4 Å². The number of imidazole rings is 1. The molecule has 100 valence electrons. The molecule has 1 aliphatic rings. The van der Waals surface area contributed by atoms with Gasteiger partial charge in [-0.3, -0.25) is 0 Å². The van der Waals surface area contributed by atoms with Crippen molar-refractivity contribution in [3.05, 3.63) is 41.9 Å². The van der Waals surface area contributed by atoms with Crippen LogP contribution in [0.2, 0.25) is 0 Å². The average molecular weight is 255 g/mol. The number of nitrogens with two attached hydrogens (primary N) is 1. The maximum absolute atomic E-state index is 6.08. The first-order valence-electron chi connectivity index (χ1n) is 7.17. The molecule has 3 rings (SSSR count). The molecule has 0 amide bonds. The van der Waals surface area contributed by atoms with Gasteiger partial charge < -0.3 is 10.3 Å². The maximum atomic E-state index is 6.08. The molecule has 1 aromatic heterocycles. The first-order chi connectivity index (χ1) is 9.28. The molecule has 1 unspecified atom stereocenters. The smallest absolute Gasteiger partial charge is 0.0956 e. The quantitative estimate of drug-likeness (QED) is 0.916. The number of benzene rings is 1. The molecule has 2 N–H and O–H groups in total. The lowest BCUT2D eigenvalue weighted by Crippen LogP contribution is -2.30. The van der Waals surface area contributed by atoms with Crippen molar-refractivity contribution in [1.82, 2.24) is 9.55 Å². The Bertz CT molecular complexity index is 554. The Labute approximate surface area is 114 Å². The third-order valence-corrected chi connectivity index (χ3v) is 3.91. The van der Waals surface area contributed by atoms with Crippen LogP contribution in [0.3, 0.4) is 0 Å². The fourth-order valence-corrected chi connectivity index (χ4v) is 2.83. The van der Waals surface area contributed by atoms with Crippen molar-refractivity contribution in [2.24, 2.45) is 5.73 Å². The molecule has 1 atom stereocenters. The molecular formula is C16H21N3. The summed E-state index contributed by atoms with van der Waals surface area (Å²) < 4.78 is 2.25. The molecule has 2 aromatic rings. The van der Waals surface area contributed by atoms with Crippen LogP contribution in [0.1, 0.15) is 31.0 Å². The van der Waals surface area contributed by atoms with Crippen LogP contribution >= 0.6 is 0 Å². The van der Waals surface area contributed by atoms with E-state index in [0.717, 1.165) is 31.5 Å². The summed E-state index contributed by atoms with van der Waals surface area (Å²) in [5.74, 6) is 0. The fourth-order valence-electron chi connectivity index (χ4n) is 2.83. The lowest BCUT2D eigenvalue weighted by molar-refractivity contribution is 0.472. The largest absolute Gasteiger partial charge is 0.334 e. The Morgan fingerprint density at radius 1 is 1.32 bits per heavy atom. The highest BCUT2D eigenvalue weighted by Gasteiger charge is 2.20. The molecule has 1 aliphatic heterocycles. The summed E-state index contributed by atoms with van der Waals surface area (Å²) in [5, 5.41) is 0. The molecule has 19 heavy (non-hydrogen) atoms. The zero-order valence-electron chi connectivity index (χ0n) is 11.5. The van der Waals surface area contributed by atoms with E-state index in [9.17, 15) is 0 Å². The topological polar surface area (TPSA) is 43.8 Å². The second-order valence-electron chi connectivity index (χ2n) is 5.43. The van der Waals surface area contributed by atoms with Gasteiger partial charge in [0.05, 0.1) is 12.0 Å². The minimum atomic E-state index is 0.280. The Morgan fingerprint density at radius 3 is 2.84 bits per heavy atom. The van der Waals surface area contributed by atoms with E-state index in [1.54, 1.807) is 0 Å². The monoisotopic (exact) mass is 255 g/mol. The Kier molecular flexibility index (Phi) is 3.38. The highest BCUT2D eigenvalue weighted by molar-refractivity contribution is 5.62. The van der Waals surface area contributed by atoms with E-state index >= 15 is 0 Å². The summed E-state index contributed by atoms with van der Waals surface area (Å²) in [5.41, 5.74) is 11.1. The maximum Gasteiger partial charge on any atom is 0.0956 e. The van der Waals surface area contributed by atoms with E-state index in [1.807, 2.05) is 6.33 Å². The molecule has 3 heteroatoms. The van der Waals surface area contributed by atoms with Crippen molar-refractivity contribution in [2.45, 2.75) is 45.2 Å². The van der Waals surface area contributed by atoms with Gasteiger partial charge in [-0.2, -0.15) is 0 Å². The van der Waals surface area contributed by atoms with Crippen molar-refractivity contribution in [2.75, 3.05) is 0 Å². The Balaban J connectivity index is 1.92. The molecule has 0 spiro atoms. The Morgan fingerprint density at radius 2 is 2.11 bits per heavy atom. The van der Waals surface area contributed by atoms with Gasteiger partial charge in [-0.1, -0.05) is 37.6 Å². The van der Waals surface area contributed by atoms with Gasteiger partial charge in [0.15, 0.2) is 0 Å². The first kappa shape index (κ1) is 12.4. The zero-order chi connectivity index (χ0) is 13.2. The van der Waals surface area contributed by atoms with E-state index in [1.165, 1.54) is 23.2 Å². The summed E-state index contributed by atoms with van der Waals surface area (Å²) in [6.45, 7) is 3.21. The van der Waals surface area contributed by atoms with Crippen LogP contribution in [0.15, 0.2) is 30.6 Å². The van der Waals surface area contributed by atoms with Gasteiger partial charge in [0, 0.05) is 30.3 Å². The van der Waals surface area contributed by atoms with Crippen LogP contribution in [-0.4, -0.2) is 15.6 Å². The Hall–Kier alpha value is -1.61. The number of nitrogens with zero attached hydrogens (tertiary/aromatic N) is 2. The molecule has 0 saturated heterocycles. The number of aryl methyl sites for hydroxylation is 2. The van der Waals surface area contributed by atoms with Crippen molar-refractivity contribution in [1.29, 1.82) is 0 Å². The highest BCUT2D eigenvalue weighted by Crippen LogP contribution is 2.26. The third kappa shape index (κ3) is 2.43. The highest BCUT2D eigenvalue weighted by atomic mass is 15.1. The summed E-state index contributed by atoms with van der Waals surface area (Å²) in [4.78, 5) is 4.59. The molecule has 0 bridgehead atoms. The van der Waals surface area contributed by atoms with E-state index < -0.39 is 0 Å². The molecule has 0 saturated carbocycles. The van der Waals surface area contributed by atoms with Crippen LogP contribution in [0.4, 0.5) is 0 Å². The van der Waals surface area contributed by atoms with Gasteiger partial charge in [0.1, 0.15) is 0 Å².